The Morgan fingerprint density at radius 3 is 2.36 bits per heavy atom. The maximum Gasteiger partial charge on any atom is 0.353 e. The van der Waals surface area contributed by atoms with E-state index in [9.17, 15) is 10.1 Å². The number of aryl methyl sites for hydroxylation is 1. The van der Waals surface area contributed by atoms with Crippen LogP contribution in [0.15, 0.2) is 60.9 Å². The van der Waals surface area contributed by atoms with Crippen molar-refractivity contribution in [2.45, 2.75) is 13.5 Å². The van der Waals surface area contributed by atoms with E-state index >= 15 is 0 Å². The number of benzene rings is 2. The predicted octanol–water partition coefficient (Wildman–Crippen LogP) is 4.05. The molecule has 0 spiro atoms. The zero-order valence-electron chi connectivity index (χ0n) is 13.6. The van der Waals surface area contributed by atoms with Crippen molar-refractivity contribution >= 4 is 23.0 Å². The summed E-state index contributed by atoms with van der Waals surface area (Å²) < 4.78 is 0. The molecule has 0 aliphatic heterocycles. The summed E-state index contributed by atoms with van der Waals surface area (Å²) in [6.07, 6.45) is 1.30. The fourth-order valence-corrected chi connectivity index (χ4v) is 2.33. The highest BCUT2D eigenvalue weighted by atomic mass is 16.6. The van der Waals surface area contributed by atoms with Gasteiger partial charge in [0.05, 0.1) is 4.92 Å². The van der Waals surface area contributed by atoms with Crippen LogP contribution in [0.25, 0.3) is 0 Å². The number of anilines is 3. The van der Waals surface area contributed by atoms with Gasteiger partial charge < -0.3 is 10.6 Å². The normalized spacial score (nSPS) is 10.3. The molecule has 0 fully saturated rings. The summed E-state index contributed by atoms with van der Waals surface area (Å²) in [6, 6.07) is 17.1. The van der Waals surface area contributed by atoms with Crippen molar-refractivity contribution in [1.29, 1.82) is 0 Å². The monoisotopic (exact) mass is 335 g/mol. The van der Waals surface area contributed by atoms with E-state index < -0.39 is 4.92 Å². The largest absolute Gasteiger partial charge is 0.360 e. The molecule has 7 nitrogen and oxygen atoms in total. The smallest absolute Gasteiger partial charge is 0.353 e. The highest BCUT2D eigenvalue weighted by Crippen LogP contribution is 2.31. The van der Waals surface area contributed by atoms with Crippen LogP contribution in [0, 0.1) is 17.0 Å². The van der Waals surface area contributed by atoms with Crippen LogP contribution in [0.3, 0.4) is 0 Å². The average molecular weight is 335 g/mol. The Bertz CT molecular complexity index is 866. The molecule has 126 valence electrons. The Morgan fingerprint density at radius 2 is 1.68 bits per heavy atom. The van der Waals surface area contributed by atoms with Gasteiger partial charge in [-0.15, -0.1) is 0 Å². The molecule has 0 saturated heterocycles. The first kappa shape index (κ1) is 16.4. The summed E-state index contributed by atoms with van der Waals surface area (Å²) in [7, 11) is 0. The minimum atomic E-state index is -0.482. The van der Waals surface area contributed by atoms with Crippen molar-refractivity contribution in [1.82, 2.24) is 9.97 Å². The first-order chi connectivity index (χ1) is 12.1. The zero-order valence-corrected chi connectivity index (χ0v) is 13.6. The second-order valence-corrected chi connectivity index (χ2v) is 5.51. The highest BCUT2D eigenvalue weighted by molar-refractivity contribution is 5.73. The molecule has 25 heavy (non-hydrogen) atoms. The second kappa shape index (κ2) is 7.39. The van der Waals surface area contributed by atoms with Gasteiger partial charge in [-0.25, -0.2) is 9.97 Å². The number of nitrogens with one attached hydrogen (secondary N) is 2. The van der Waals surface area contributed by atoms with Crippen LogP contribution in [0.2, 0.25) is 0 Å². The Hall–Kier alpha value is -3.48. The maximum absolute atomic E-state index is 11.5. The van der Waals surface area contributed by atoms with Gasteiger partial charge in [0.25, 0.3) is 0 Å². The molecule has 0 unspecified atom stereocenters. The topological polar surface area (TPSA) is 93.0 Å². The molecule has 1 aromatic heterocycles. The van der Waals surface area contributed by atoms with Gasteiger partial charge in [-0.05, 0) is 24.6 Å². The van der Waals surface area contributed by atoms with Gasteiger partial charge in [-0.2, -0.15) is 0 Å². The summed E-state index contributed by atoms with van der Waals surface area (Å²) in [5, 5.41) is 17.5. The number of hydrogen-bond donors (Lipinski definition) is 2. The van der Waals surface area contributed by atoms with E-state index in [4.69, 9.17) is 0 Å². The first-order valence-electron chi connectivity index (χ1n) is 7.74. The molecule has 3 rings (SSSR count). The number of aromatic nitrogens is 2. The third kappa shape index (κ3) is 4.08. The van der Waals surface area contributed by atoms with Crippen molar-refractivity contribution in [3.05, 3.63) is 82.2 Å². The van der Waals surface area contributed by atoms with Gasteiger partial charge in [0.1, 0.15) is 6.33 Å². The molecule has 7 heteroatoms. The Balaban J connectivity index is 1.86. The molecule has 0 radical (unpaired) electrons. The van der Waals surface area contributed by atoms with Gasteiger partial charge in [0.2, 0.25) is 11.6 Å². The zero-order chi connectivity index (χ0) is 17.6. The molecule has 3 aromatic rings. The van der Waals surface area contributed by atoms with Gasteiger partial charge in [-0.3, -0.25) is 10.1 Å². The third-order valence-electron chi connectivity index (χ3n) is 3.62. The van der Waals surface area contributed by atoms with E-state index in [2.05, 4.69) is 20.6 Å². The molecular weight excluding hydrogens is 318 g/mol. The SMILES string of the molecule is Cc1ccc(Nc2ncnc(NCc3ccccc3)c2[N+](=O)[O-])cc1. The molecule has 0 bridgehead atoms. The van der Waals surface area contributed by atoms with E-state index in [1.54, 1.807) is 0 Å². The number of nitrogens with zero attached hydrogens (tertiary/aromatic N) is 3. The first-order valence-corrected chi connectivity index (χ1v) is 7.74. The molecule has 0 aliphatic carbocycles. The molecule has 1 heterocycles. The number of rotatable bonds is 6. The summed E-state index contributed by atoms with van der Waals surface area (Å²) >= 11 is 0. The quantitative estimate of drug-likeness (QED) is 0.521. The van der Waals surface area contributed by atoms with Crippen molar-refractivity contribution in [2.75, 3.05) is 10.6 Å². The molecule has 0 atom stereocenters. The van der Waals surface area contributed by atoms with Crippen molar-refractivity contribution in [3.63, 3.8) is 0 Å². The summed E-state index contributed by atoms with van der Waals surface area (Å²) in [5.74, 6) is 0.331. The second-order valence-electron chi connectivity index (χ2n) is 5.51. The fourth-order valence-electron chi connectivity index (χ4n) is 2.33. The molecule has 0 amide bonds. The van der Waals surface area contributed by atoms with Crippen LogP contribution in [-0.2, 0) is 6.54 Å². The molecular formula is C18H17N5O2. The van der Waals surface area contributed by atoms with Gasteiger partial charge in [-0.1, -0.05) is 48.0 Å². The van der Waals surface area contributed by atoms with Crippen LogP contribution in [0.1, 0.15) is 11.1 Å². The number of hydrogen-bond acceptors (Lipinski definition) is 6. The van der Waals surface area contributed by atoms with Crippen LogP contribution in [0.4, 0.5) is 23.0 Å². The van der Waals surface area contributed by atoms with Gasteiger partial charge in [0.15, 0.2) is 0 Å². The van der Waals surface area contributed by atoms with Crippen LogP contribution >= 0.6 is 0 Å². The fraction of sp³-hybridized carbons (Fsp3) is 0.111. The number of nitro groups is 1. The third-order valence-corrected chi connectivity index (χ3v) is 3.62. The highest BCUT2D eigenvalue weighted by Gasteiger charge is 2.23. The average Bonchev–Trinajstić information content (AvgIpc) is 2.62. The van der Waals surface area contributed by atoms with E-state index in [1.807, 2.05) is 61.5 Å². The Morgan fingerprint density at radius 1 is 1.00 bits per heavy atom. The summed E-state index contributed by atoms with van der Waals surface area (Å²) in [6.45, 7) is 2.41. The molecule has 0 aliphatic rings. The van der Waals surface area contributed by atoms with Gasteiger partial charge in [0, 0.05) is 12.2 Å². The Labute approximate surface area is 144 Å². The van der Waals surface area contributed by atoms with E-state index in [0.29, 0.717) is 6.54 Å². The minimum Gasteiger partial charge on any atom is -0.360 e. The van der Waals surface area contributed by atoms with E-state index in [-0.39, 0.29) is 17.3 Å². The van der Waals surface area contributed by atoms with Gasteiger partial charge >= 0.3 is 5.69 Å². The lowest BCUT2D eigenvalue weighted by atomic mass is 10.2. The van der Waals surface area contributed by atoms with E-state index in [0.717, 1.165) is 16.8 Å². The summed E-state index contributed by atoms with van der Waals surface area (Å²) in [4.78, 5) is 19.1. The lowest BCUT2D eigenvalue weighted by Gasteiger charge is -2.10. The van der Waals surface area contributed by atoms with Crippen molar-refractivity contribution in [3.8, 4) is 0 Å². The lowest BCUT2D eigenvalue weighted by Crippen LogP contribution is -2.08. The summed E-state index contributed by atoms with van der Waals surface area (Å²) in [5.41, 5.74) is 2.65. The minimum absolute atomic E-state index is 0.152. The maximum atomic E-state index is 11.5. The van der Waals surface area contributed by atoms with Crippen LogP contribution in [0.5, 0.6) is 0 Å². The molecule has 2 aromatic carbocycles. The van der Waals surface area contributed by atoms with Crippen LogP contribution < -0.4 is 10.6 Å². The van der Waals surface area contributed by atoms with Crippen molar-refractivity contribution in [2.24, 2.45) is 0 Å². The predicted molar refractivity (Wildman–Crippen MR) is 96.9 cm³/mol. The Kier molecular flexibility index (Phi) is 4.84. The lowest BCUT2D eigenvalue weighted by molar-refractivity contribution is -0.383. The molecule has 0 saturated carbocycles. The van der Waals surface area contributed by atoms with Crippen molar-refractivity contribution < 1.29 is 4.92 Å². The molecule has 2 N–H and O–H groups in total. The van der Waals surface area contributed by atoms with Crippen LogP contribution in [-0.4, -0.2) is 14.9 Å². The standard InChI is InChI=1S/C18H17N5O2/c1-13-7-9-15(10-8-13)22-18-16(23(24)25)17(20-12-21-18)19-11-14-5-3-2-4-6-14/h2-10,12H,11H2,1H3,(H2,19,20,21,22). The van der Waals surface area contributed by atoms with E-state index in [1.165, 1.54) is 6.33 Å².